The number of halogens is 1. The van der Waals surface area contributed by atoms with Crippen LogP contribution < -0.4 is 5.73 Å². The number of hydrogen-bond donors (Lipinski definition) is 2. The highest BCUT2D eigenvalue weighted by Gasteiger charge is 2.13. The topological polar surface area (TPSA) is 72.5 Å². The van der Waals surface area contributed by atoms with Crippen LogP contribution in [0.2, 0.25) is 0 Å². The molecule has 0 bridgehead atoms. The molecule has 0 heterocycles. The number of rotatable bonds is 1. The van der Waals surface area contributed by atoms with E-state index in [1.165, 1.54) is 19.2 Å². The number of nitrogens with two attached hydrogens (primary N) is 1. The first kappa shape index (κ1) is 10.1. The maximum atomic E-state index is 11.1. The lowest BCUT2D eigenvalue weighted by Gasteiger charge is -2.04. The summed E-state index contributed by atoms with van der Waals surface area (Å²) in [4.78, 5) is 11.1. The van der Waals surface area contributed by atoms with Crippen molar-refractivity contribution in [2.24, 2.45) is 0 Å². The fourth-order valence-electron chi connectivity index (χ4n) is 0.851. The highest BCUT2D eigenvalue weighted by Crippen LogP contribution is 2.25. The number of esters is 1. The molecule has 0 atom stereocenters. The molecule has 1 aromatic carbocycles. The van der Waals surface area contributed by atoms with Gasteiger partial charge in [-0.25, -0.2) is 4.79 Å². The summed E-state index contributed by atoms with van der Waals surface area (Å²) in [7, 11) is 1.25. The normalized spacial score (nSPS) is 9.69. The zero-order chi connectivity index (χ0) is 10.0. The summed E-state index contributed by atoms with van der Waals surface area (Å²) in [5.41, 5.74) is 6.07. The molecule has 5 heteroatoms. The second-order valence-electron chi connectivity index (χ2n) is 2.38. The van der Waals surface area contributed by atoms with Gasteiger partial charge in [-0.1, -0.05) is 0 Å². The van der Waals surface area contributed by atoms with Gasteiger partial charge in [-0.15, -0.1) is 0 Å². The number of carbonyl (C=O) groups is 1. The molecule has 13 heavy (non-hydrogen) atoms. The molecule has 0 saturated heterocycles. The highest BCUT2D eigenvalue weighted by atomic mass is 127. The van der Waals surface area contributed by atoms with Crippen molar-refractivity contribution in [3.05, 3.63) is 21.3 Å². The van der Waals surface area contributed by atoms with Gasteiger partial charge in [-0.05, 0) is 28.7 Å². The van der Waals surface area contributed by atoms with Crippen LogP contribution in [-0.2, 0) is 4.74 Å². The number of benzene rings is 1. The molecule has 0 unspecified atom stereocenters. The molecule has 3 N–H and O–H groups in total. The summed E-state index contributed by atoms with van der Waals surface area (Å²) in [6.07, 6.45) is 0. The van der Waals surface area contributed by atoms with Gasteiger partial charge in [0, 0.05) is 15.3 Å². The van der Waals surface area contributed by atoms with Crippen molar-refractivity contribution < 1.29 is 14.6 Å². The summed E-state index contributed by atoms with van der Waals surface area (Å²) in [5, 5.41) is 9.33. The van der Waals surface area contributed by atoms with Gasteiger partial charge in [0.05, 0.1) is 7.11 Å². The molecule has 0 spiro atoms. The van der Waals surface area contributed by atoms with Gasteiger partial charge in [0.15, 0.2) is 0 Å². The zero-order valence-electron chi connectivity index (χ0n) is 6.87. The van der Waals surface area contributed by atoms with Crippen LogP contribution in [0, 0.1) is 3.57 Å². The Morgan fingerprint density at radius 2 is 2.23 bits per heavy atom. The molecule has 1 aromatic rings. The van der Waals surface area contributed by atoms with Crippen LogP contribution in [0.4, 0.5) is 5.69 Å². The van der Waals surface area contributed by atoms with Gasteiger partial charge in [0.25, 0.3) is 0 Å². The molecule has 0 aliphatic rings. The standard InChI is InChI=1S/C8H8INO3/c1-13-8(12)4-2-5(9)6(10)3-7(4)11/h2-3,11H,10H2,1H3. The van der Waals surface area contributed by atoms with Gasteiger partial charge < -0.3 is 15.6 Å². The van der Waals surface area contributed by atoms with E-state index in [0.717, 1.165) is 0 Å². The third-order valence-electron chi connectivity index (χ3n) is 1.52. The van der Waals surface area contributed by atoms with E-state index in [9.17, 15) is 9.90 Å². The minimum atomic E-state index is -0.574. The summed E-state index contributed by atoms with van der Waals surface area (Å²) >= 11 is 1.97. The lowest BCUT2D eigenvalue weighted by atomic mass is 10.2. The minimum absolute atomic E-state index is 0.126. The van der Waals surface area contributed by atoms with E-state index in [0.29, 0.717) is 9.26 Å². The predicted molar refractivity (Wildman–Crippen MR) is 56.6 cm³/mol. The van der Waals surface area contributed by atoms with Gasteiger partial charge in [0.1, 0.15) is 11.3 Å². The number of phenolic OH excluding ortho intramolecular Hbond substituents is 1. The number of aromatic hydroxyl groups is 1. The Kier molecular flexibility index (Phi) is 2.97. The Morgan fingerprint density at radius 3 is 2.77 bits per heavy atom. The first-order chi connectivity index (χ1) is 6.06. The van der Waals surface area contributed by atoms with Gasteiger partial charge in [-0.3, -0.25) is 0 Å². The average Bonchev–Trinajstić information content (AvgIpc) is 2.10. The van der Waals surface area contributed by atoms with Crippen LogP contribution in [0.25, 0.3) is 0 Å². The first-order valence-corrected chi connectivity index (χ1v) is 4.50. The second-order valence-corrected chi connectivity index (χ2v) is 3.54. The van der Waals surface area contributed by atoms with Gasteiger partial charge >= 0.3 is 5.97 Å². The molecule has 0 aliphatic carbocycles. The zero-order valence-corrected chi connectivity index (χ0v) is 9.03. The highest BCUT2D eigenvalue weighted by molar-refractivity contribution is 14.1. The van der Waals surface area contributed by atoms with Crippen molar-refractivity contribution >= 4 is 34.2 Å². The number of phenols is 1. The maximum Gasteiger partial charge on any atom is 0.341 e. The van der Waals surface area contributed by atoms with Crippen LogP contribution >= 0.6 is 22.6 Å². The Bertz CT molecular complexity index is 351. The van der Waals surface area contributed by atoms with Crippen molar-refractivity contribution in [2.45, 2.75) is 0 Å². The monoisotopic (exact) mass is 293 g/mol. The largest absolute Gasteiger partial charge is 0.507 e. The Morgan fingerprint density at radius 1 is 1.62 bits per heavy atom. The van der Waals surface area contributed by atoms with Crippen molar-refractivity contribution in [3.63, 3.8) is 0 Å². The van der Waals surface area contributed by atoms with Crippen LogP contribution in [0.5, 0.6) is 5.75 Å². The van der Waals surface area contributed by atoms with Crippen molar-refractivity contribution in [1.82, 2.24) is 0 Å². The lowest BCUT2D eigenvalue weighted by Crippen LogP contribution is -2.03. The molecule has 1 rings (SSSR count). The van der Waals surface area contributed by atoms with Crippen LogP contribution in [0.3, 0.4) is 0 Å². The molecular formula is C8H8INO3. The Hall–Kier alpha value is -0.980. The summed E-state index contributed by atoms with van der Waals surface area (Å²) in [5.74, 6) is -0.736. The van der Waals surface area contributed by atoms with Crippen molar-refractivity contribution in [3.8, 4) is 5.75 Å². The van der Waals surface area contributed by atoms with Crippen molar-refractivity contribution in [2.75, 3.05) is 12.8 Å². The number of carbonyl (C=O) groups excluding carboxylic acids is 1. The SMILES string of the molecule is COC(=O)c1cc(I)c(N)cc1O. The van der Waals surface area contributed by atoms with Crippen molar-refractivity contribution in [1.29, 1.82) is 0 Å². The molecule has 0 saturated carbocycles. The Labute approximate surface area is 88.8 Å². The first-order valence-electron chi connectivity index (χ1n) is 3.42. The fourth-order valence-corrected chi connectivity index (χ4v) is 1.32. The van der Waals surface area contributed by atoms with E-state index >= 15 is 0 Å². The quantitative estimate of drug-likeness (QED) is 0.466. The summed E-state index contributed by atoms with van der Waals surface area (Å²) < 4.78 is 5.17. The molecule has 4 nitrogen and oxygen atoms in total. The van der Waals surface area contributed by atoms with Gasteiger partial charge in [-0.2, -0.15) is 0 Å². The molecule has 70 valence electrons. The average molecular weight is 293 g/mol. The minimum Gasteiger partial charge on any atom is -0.507 e. The van der Waals surface area contributed by atoms with E-state index < -0.39 is 5.97 Å². The van der Waals surface area contributed by atoms with E-state index in [-0.39, 0.29) is 11.3 Å². The molecule has 0 radical (unpaired) electrons. The molecular weight excluding hydrogens is 285 g/mol. The fraction of sp³-hybridized carbons (Fsp3) is 0.125. The summed E-state index contributed by atoms with van der Waals surface area (Å²) in [6.45, 7) is 0. The Balaban J connectivity index is 3.23. The van der Waals surface area contributed by atoms with E-state index in [1.807, 2.05) is 22.6 Å². The van der Waals surface area contributed by atoms with E-state index in [2.05, 4.69) is 4.74 Å². The number of hydrogen-bond acceptors (Lipinski definition) is 4. The van der Waals surface area contributed by atoms with Crippen LogP contribution in [0.1, 0.15) is 10.4 Å². The van der Waals surface area contributed by atoms with Gasteiger partial charge in [0.2, 0.25) is 0 Å². The van der Waals surface area contributed by atoms with E-state index in [4.69, 9.17) is 5.73 Å². The summed E-state index contributed by atoms with van der Waals surface area (Å²) in [6, 6.07) is 2.81. The molecule has 0 aromatic heterocycles. The third kappa shape index (κ3) is 2.03. The lowest BCUT2D eigenvalue weighted by molar-refractivity contribution is 0.0597. The van der Waals surface area contributed by atoms with Crippen LogP contribution in [-0.4, -0.2) is 18.2 Å². The van der Waals surface area contributed by atoms with E-state index in [1.54, 1.807) is 0 Å². The number of nitrogen functional groups attached to an aromatic ring is 1. The number of ether oxygens (including phenoxy) is 1. The molecule has 0 amide bonds. The number of methoxy groups -OCH3 is 1. The third-order valence-corrected chi connectivity index (χ3v) is 2.45. The van der Waals surface area contributed by atoms with Crippen LogP contribution in [0.15, 0.2) is 12.1 Å². The molecule has 0 fully saturated rings. The number of anilines is 1. The molecule has 0 aliphatic heterocycles. The predicted octanol–water partition coefficient (Wildman–Crippen LogP) is 1.37. The second kappa shape index (κ2) is 3.82. The maximum absolute atomic E-state index is 11.1. The smallest absolute Gasteiger partial charge is 0.341 e.